The Kier molecular flexibility index (Phi) is 10.1. The third-order valence-electron chi connectivity index (χ3n) is 12.9. The van der Waals surface area contributed by atoms with E-state index in [0.717, 1.165) is 17.1 Å². The predicted molar refractivity (Wildman–Crippen MR) is 284 cm³/mol. The summed E-state index contributed by atoms with van der Waals surface area (Å²) in [6.07, 6.45) is 0. The summed E-state index contributed by atoms with van der Waals surface area (Å²) < 4.78 is 2.57. The fourth-order valence-electron chi connectivity index (χ4n) is 9.64. The van der Waals surface area contributed by atoms with Crippen molar-refractivity contribution in [2.24, 2.45) is 0 Å². The van der Waals surface area contributed by atoms with Gasteiger partial charge in [0.15, 0.2) is 0 Å². The number of nitrogens with zero attached hydrogens (tertiary/aromatic N) is 1. The number of rotatable bonds is 9. The van der Waals surface area contributed by atoms with Crippen molar-refractivity contribution in [3.05, 3.63) is 261 Å². The molecular formula is C64H43NS. The maximum Gasteiger partial charge on any atom is 0.0555 e. The Labute approximate surface area is 389 Å². The largest absolute Gasteiger partial charge is 0.310 e. The molecule has 12 aromatic rings. The number of benzene rings is 11. The highest BCUT2D eigenvalue weighted by Gasteiger charge is 2.22. The van der Waals surface area contributed by atoms with Crippen molar-refractivity contribution in [1.82, 2.24) is 0 Å². The molecule has 66 heavy (non-hydrogen) atoms. The van der Waals surface area contributed by atoms with Crippen molar-refractivity contribution in [1.29, 1.82) is 0 Å². The number of anilines is 3. The summed E-state index contributed by atoms with van der Waals surface area (Å²) in [5, 5.41) is 5.04. The van der Waals surface area contributed by atoms with E-state index in [9.17, 15) is 0 Å². The van der Waals surface area contributed by atoms with Crippen LogP contribution in [0.2, 0.25) is 0 Å². The highest BCUT2D eigenvalue weighted by Crippen LogP contribution is 2.49. The molecule has 0 bridgehead atoms. The molecule has 0 fully saturated rings. The molecule has 1 heterocycles. The molecule has 2 heteroatoms. The molecule has 11 aromatic carbocycles. The average molecular weight is 858 g/mol. The Morgan fingerprint density at radius 3 is 1.33 bits per heavy atom. The SMILES string of the molecule is c1ccc(-c2ccccc2-c2ccccc2-c2ccc(N(c3ccc(-c4ccc(-c5ccc6ccccc6c5)cc4)cc3)c3ccc(-c4ccccc4)c4sc5ccccc5c34)cc2)cc1. The third kappa shape index (κ3) is 7.24. The summed E-state index contributed by atoms with van der Waals surface area (Å²) in [6, 6.07) is 95.0. The van der Waals surface area contributed by atoms with Crippen LogP contribution in [0.5, 0.6) is 0 Å². The van der Waals surface area contributed by atoms with Crippen LogP contribution in [-0.4, -0.2) is 0 Å². The number of hydrogen-bond donors (Lipinski definition) is 0. The molecule has 0 aliphatic heterocycles. The van der Waals surface area contributed by atoms with Crippen molar-refractivity contribution >= 4 is 59.3 Å². The second-order valence-electron chi connectivity index (χ2n) is 16.8. The second-order valence-corrected chi connectivity index (χ2v) is 17.9. The summed E-state index contributed by atoms with van der Waals surface area (Å²) >= 11 is 1.88. The zero-order valence-electron chi connectivity index (χ0n) is 36.2. The Bertz CT molecular complexity index is 3660. The van der Waals surface area contributed by atoms with Gasteiger partial charge in [0, 0.05) is 31.5 Å². The monoisotopic (exact) mass is 857 g/mol. The smallest absolute Gasteiger partial charge is 0.0555 e. The molecule has 0 aliphatic carbocycles. The van der Waals surface area contributed by atoms with E-state index >= 15 is 0 Å². The van der Waals surface area contributed by atoms with Crippen LogP contribution < -0.4 is 4.90 Å². The lowest BCUT2D eigenvalue weighted by atomic mass is 9.89. The van der Waals surface area contributed by atoms with E-state index in [-0.39, 0.29) is 0 Å². The molecule has 12 rings (SSSR count). The van der Waals surface area contributed by atoms with Crippen molar-refractivity contribution < 1.29 is 0 Å². The number of fused-ring (bicyclic) bond motifs is 4. The maximum atomic E-state index is 2.45. The molecule has 0 amide bonds. The van der Waals surface area contributed by atoms with Crippen molar-refractivity contribution in [2.45, 2.75) is 0 Å². The first kappa shape index (κ1) is 39.3. The number of thiophene rings is 1. The van der Waals surface area contributed by atoms with E-state index in [1.54, 1.807) is 0 Å². The predicted octanol–water partition coefficient (Wildman–Crippen LogP) is 18.7. The van der Waals surface area contributed by atoms with Gasteiger partial charge in [-0.2, -0.15) is 0 Å². The summed E-state index contributed by atoms with van der Waals surface area (Å²) in [5.74, 6) is 0. The van der Waals surface area contributed by atoms with Gasteiger partial charge in [-0.25, -0.2) is 0 Å². The topological polar surface area (TPSA) is 3.24 Å². The van der Waals surface area contributed by atoms with Crippen molar-refractivity contribution in [3.8, 4) is 66.8 Å². The fraction of sp³-hybridized carbons (Fsp3) is 0. The second kappa shape index (κ2) is 17.0. The lowest BCUT2D eigenvalue weighted by Crippen LogP contribution is -2.10. The zero-order valence-corrected chi connectivity index (χ0v) is 37.0. The first-order valence-electron chi connectivity index (χ1n) is 22.6. The molecule has 1 aromatic heterocycles. The van der Waals surface area contributed by atoms with Crippen LogP contribution >= 0.6 is 11.3 Å². The summed E-state index contributed by atoms with van der Waals surface area (Å²) in [4.78, 5) is 2.45. The zero-order chi connectivity index (χ0) is 43.8. The first-order chi connectivity index (χ1) is 32.7. The van der Waals surface area contributed by atoms with Gasteiger partial charge in [-0.1, -0.05) is 218 Å². The van der Waals surface area contributed by atoms with E-state index in [4.69, 9.17) is 0 Å². The van der Waals surface area contributed by atoms with Crippen LogP contribution in [-0.2, 0) is 0 Å². The molecule has 0 N–H and O–H groups in total. The van der Waals surface area contributed by atoms with Crippen LogP contribution in [0.4, 0.5) is 17.1 Å². The van der Waals surface area contributed by atoms with E-state index in [1.807, 2.05) is 11.3 Å². The maximum absolute atomic E-state index is 2.45. The molecule has 0 radical (unpaired) electrons. The molecule has 0 saturated carbocycles. The fourth-order valence-corrected chi connectivity index (χ4v) is 10.9. The lowest BCUT2D eigenvalue weighted by molar-refractivity contribution is 1.30. The summed E-state index contributed by atoms with van der Waals surface area (Å²) in [7, 11) is 0. The lowest BCUT2D eigenvalue weighted by Gasteiger charge is -2.27. The van der Waals surface area contributed by atoms with Gasteiger partial charge in [-0.3, -0.25) is 0 Å². The first-order valence-corrected chi connectivity index (χ1v) is 23.4. The molecule has 0 aliphatic rings. The van der Waals surface area contributed by atoms with E-state index < -0.39 is 0 Å². The van der Waals surface area contributed by atoms with Gasteiger partial charge in [0.25, 0.3) is 0 Å². The minimum atomic E-state index is 1.09. The van der Waals surface area contributed by atoms with E-state index in [0.29, 0.717) is 0 Å². The van der Waals surface area contributed by atoms with Gasteiger partial charge >= 0.3 is 0 Å². The van der Waals surface area contributed by atoms with Gasteiger partial charge in [-0.05, 0) is 120 Å². The van der Waals surface area contributed by atoms with E-state index in [2.05, 4.69) is 266 Å². The Balaban J connectivity index is 0.966. The molecule has 1 nitrogen and oxygen atoms in total. The van der Waals surface area contributed by atoms with Gasteiger partial charge in [-0.15, -0.1) is 11.3 Å². The molecule has 310 valence electrons. The number of hydrogen-bond acceptors (Lipinski definition) is 2. The Morgan fingerprint density at radius 2 is 0.712 bits per heavy atom. The van der Waals surface area contributed by atoms with Crippen molar-refractivity contribution in [3.63, 3.8) is 0 Å². The standard InChI is InChI=1S/C64H43NS/c1-3-16-48(17-4-1)55-21-9-11-23-58(55)59-24-12-10-22-56(59)50-35-39-54(40-36-50)65(61-42-41-57(49-18-5-2-6-19-49)64-63(61)60-25-13-14-26-62(60)66-64)53-37-33-46(34-38-53)45-27-29-47(30-28-45)52-32-31-44-15-7-8-20-51(44)43-52/h1-43H. The van der Waals surface area contributed by atoms with Gasteiger partial charge in [0.05, 0.1) is 5.69 Å². The average Bonchev–Trinajstić information content (AvgIpc) is 3.80. The van der Waals surface area contributed by atoms with E-state index in [1.165, 1.54) is 97.7 Å². The molecule has 0 unspecified atom stereocenters. The normalized spacial score (nSPS) is 11.3. The minimum Gasteiger partial charge on any atom is -0.310 e. The Morgan fingerprint density at radius 1 is 0.273 bits per heavy atom. The minimum absolute atomic E-state index is 1.09. The van der Waals surface area contributed by atoms with Crippen LogP contribution in [0.25, 0.3) is 97.7 Å². The summed E-state index contributed by atoms with van der Waals surface area (Å²) in [6.45, 7) is 0. The molecule has 0 spiro atoms. The molecule has 0 saturated heterocycles. The van der Waals surface area contributed by atoms with Crippen LogP contribution in [0.3, 0.4) is 0 Å². The van der Waals surface area contributed by atoms with Gasteiger partial charge in [0.2, 0.25) is 0 Å². The Hall–Kier alpha value is -8.30. The van der Waals surface area contributed by atoms with Crippen LogP contribution in [0.1, 0.15) is 0 Å². The summed E-state index contributed by atoms with van der Waals surface area (Å²) in [5.41, 5.74) is 17.9. The van der Waals surface area contributed by atoms with Crippen LogP contribution in [0.15, 0.2) is 261 Å². The quantitative estimate of drug-likeness (QED) is 0.140. The van der Waals surface area contributed by atoms with Crippen LogP contribution in [0, 0.1) is 0 Å². The molecular weight excluding hydrogens is 815 g/mol. The highest BCUT2D eigenvalue weighted by atomic mass is 32.1. The van der Waals surface area contributed by atoms with Gasteiger partial charge in [0.1, 0.15) is 0 Å². The molecule has 0 atom stereocenters. The highest BCUT2D eigenvalue weighted by molar-refractivity contribution is 7.26. The third-order valence-corrected chi connectivity index (χ3v) is 14.1. The van der Waals surface area contributed by atoms with Gasteiger partial charge < -0.3 is 4.90 Å². The van der Waals surface area contributed by atoms with Crippen molar-refractivity contribution in [2.75, 3.05) is 4.90 Å².